The lowest BCUT2D eigenvalue weighted by molar-refractivity contribution is 0.603. The number of rotatable bonds is 3. The van der Waals surface area contributed by atoms with E-state index in [9.17, 15) is 4.21 Å². The molecular weight excluding hydrogens is 348 g/mol. The monoisotopic (exact) mass is 361 g/mol. The van der Waals surface area contributed by atoms with Crippen LogP contribution in [-0.2, 0) is 11.0 Å². The van der Waals surface area contributed by atoms with Gasteiger partial charge in [0.1, 0.15) is 0 Å². The van der Waals surface area contributed by atoms with Crippen LogP contribution in [-0.4, -0.2) is 12.7 Å². The molecule has 1 aromatic rings. The van der Waals surface area contributed by atoms with Crippen LogP contribution in [0.3, 0.4) is 0 Å². The van der Waals surface area contributed by atoms with Crippen molar-refractivity contribution >= 4 is 57.4 Å². The molecule has 0 saturated carbocycles. The molecule has 0 aliphatic heterocycles. The average Bonchev–Trinajstić information content (AvgIpc) is 2.24. The molecule has 0 heterocycles. The third kappa shape index (κ3) is 5.41. The lowest BCUT2D eigenvalue weighted by Gasteiger charge is -2.29. The van der Waals surface area contributed by atoms with Gasteiger partial charge in [-0.25, -0.2) is 8.93 Å². The van der Waals surface area contributed by atoms with Gasteiger partial charge in [-0.05, 0) is 38.5 Å². The van der Waals surface area contributed by atoms with E-state index in [0.717, 1.165) is 0 Å². The number of hydrogen-bond acceptors (Lipinski definition) is 1. The standard InChI is InChI=1S/C12H15Cl4NOS/c1-11(2,3)19(18)17-10(12(14,15)16)8-4-6-9(13)7-5-8/h4-7,10,17H,1-3H3/t10-,19?/m0/s1. The largest absolute Gasteiger partial charge is 0.242 e. The van der Waals surface area contributed by atoms with E-state index >= 15 is 0 Å². The van der Waals surface area contributed by atoms with E-state index in [4.69, 9.17) is 46.4 Å². The predicted molar refractivity (Wildman–Crippen MR) is 85.5 cm³/mol. The second-order valence-electron chi connectivity index (χ2n) is 5.03. The minimum absolute atomic E-state index is 0.458. The highest BCUT2D eigenvalue weighted by atomic mass is 35.6. The van der Waals surface area contributed by atoms with E-state index in [1.54, 1.807) is 24.3 Å². The van der Waals surface area contributed by atoms with E-state index < -0.39 is 25.6 Å². The molecule has 0 saturated heterocycles. The van der Waals surface area contributed by atoms with Crippen molar-refractivity contribution in [1.29, 1.82) is 0 Å². The zero-order valence-electron chi connectivity index (χ0n) is 10.7. The third-order valence-corrected chi connectivity index (χ3v) is 4.78. The Morgan fingerprint density at radius 1 is 1.11 bits per heavy atom. The zero-order chi connectivity index (χ0) is 14.8. The number of halogens is 4. The molecular formula is C12H15Cl4NOS. The third-order valence-electron chi connectivity index (χ3n) is 2.31. The molecule has 0 aliphatic carbocycles. The van der Waals surface area contributed by atoms with Crippen LogP contribution in [0.2, 0.25) is 5.02 Å². The fourth-order valence-electron chi connectivity index (χ4n) is 1.26. The summed E-state index contributed by atoms with van der Waals surface area (Å²) in [6.45, 7) is 5.52. The summed E-state index contributed by atoms with van der Waals surface area (Å²) >= 11 is 23.7. The first-order valence-electron chi connectivity index (χ1n) is 5.52. The summed E-state index contributed by atoms with van der Waals surface area (Å²) in [6, 6.07) is 6.18. The smallest absolute Gasteiger partial charge is 0.210 e. The van der Waals surface area contributed by atoms with Crippen molar-refractivity contribution in [3.8, 4) is 0 Å². The minimum atomic E-state index is -1.62. The van der Waals surface area contributed by atoms with E-state index in [-0.39, 0.29) is 0 Å². The quantitative estimate of drug-likeness (QED) is 0.768. The molecule has 2 atom stereocenters. The fourth-order valence-corrected chi connectivity index (χ4v) is 3.01. The Kier molecular flexibility index (Phi) is 6.00. The first kappa shape index (κ1) is 17.5. The first-order valence-corrected chi connectivity index (χ1v) is 8.18. The van der Waals surface area contributed by atoms with Crippen molar-refractivity contribution in [2.45, 2.75) is 35.4 Å². The van der Waals surface area contributed by atoms with Gasteiger partial charge in [-0.3, -0.25) is 0 Å². The van der Waals surface area contributed by atoms with E-state index in [1.807, 2.05) is 20.8 Å². The highest BCUT2D eigenvalue weighted by Crippen LogP contribution is 2.40. The van der Waals surface area contributed by atoms with Gasteiger partial charge in [-0.15, -0.1) is 0 Å². The van der Waals surface area contributed by atoms with Gasteiger partial charge in [0.25, 0.3) is 0 Å². The maximum absolute atomic E-state index is 12.2. The summed E-state index contributed by atoms with van der Waals surface area (Å²) in [5.41, 5.74) is 0.710. The van der Waals surface area contributed by atoms with Crippen LogP contribution in [0.4, 0.5) is 0 Å². The first-order chi connectivity index (χ1) is 8.51. The van der Waals surface area contributed by atoms with E-state index in [0.29, 0.717) is 10.6 Å². The number of hydrogen-bond donors (Lipinski definition) is 1. The Balaban J connectivity index is 3.04. The lowest BCUT2D eigenvalue weighted by Crippen LogP contribution is -2.40. The molecule has 108 valence electrons. The SMILES string of the molecule is CC(C)(C)S(=O)N[C@@H](c1ccc(Cl)cc1)C(Cl)(Cl)Cl. The van der Waals surface area contributed by atoms with Crippen molar-refractivity contribution in [2.24, 2.45) is 0 Å². The molecule has 0 aromatic heterocycles. The van der Waals surface area contributed by atoms with Gasteiger partial charge in [0, 0.05) is 5.02 Å². The summed E-state index contributed by atoms with van der Waals surface area (Å²) in [7, 11) is -1.36. The van der Waals surface area contributed by atoms with Crippen molar-refractivity contribution in [2.75, 3.05) is 0 Å². The van der Waals surface area contributed by atoms with Gasteiger partial charge in [-0.2, -0.15) is 0 Å². The number of alkyl halides is 3. The Morgan fingerprint density at radius 2 is 1.58 bits per heavy atom. The maximum Gasteiger partial charge on any atom is 0.210 e. The molecule has 0 radical (unpaired) electrons. The predicted octanol–water partition coefficient (Wildman–Crippen LogP) is 4.80. The maximum atomic E-state index is 12.2. The number of benzene rings is 1. The van der Waals surface area contributed by atoms with Crippen LogP contribution in [0.5, 0.6) is 0 Å². The van der Waals surface area contributed by atoms with Crippen LogP contribution in [0.25, 0.3) is 0 Å². The summed E-state index contributed by atoms with van der Waals surface area (Å²) < 4.78 is 13.0. The van der Waals surface area contributed by atoms with Gasteiger partial charge < -0.3 is 0 Å². The Morgan fingerprint density at radius 3 is 1.95 bits per heavy atom. The van der Waals surface area contributed by atoms with Gasteiger partial charge in [-0.1, -0.05) is 58.5 Å². The number of nitrogens with one attached hydrogen (secondary N) is 1. The molecule has 1 N–H and O–H groups in total. The summed E-state index contributed by atoms with van der Waals surface area (Å²) in [4.78, 5) is 0. The highest BCUT2D eigenvalue weighted by molar-refractivity contribution is 7.84. The van der Waals surface area contributed by atoms with Gasteiger partial charge in [0.2, 0.25) is 3.79 Å². The topological polar surface area (TPSA) is 29.1 Å². The van der Waals surface area contributed by atoms with Crippen molar-refractivity contribution in [3.05, 3.63) is 34.9 Å². The van der Waals surface area contributed by atoms with E-state index in [2.05, 4.69) is 4.72 Å². The Labute approximate surface area is 136 Å². The van der Waals surface area contributed by atoms with Crippen LogP contribution in [0.1, 0.15) is 32.4 Å². The van der Waals surface area contributed by atoms with Crippen LogP contribution in [0, 0.1) is 0 Å². The minimum Gasteiger partial charge on any atom is -0.242 e. The molecule has 1 rings (SSSR count). The molecule has 0 bridgehead atoms. The zero-order valence-corrected chi connectivity index (χ0v) is 14.6. The molecule has 0 aliphatic rings. The molecule has 0 fully saturated rings. The van der Waals surface area contributed by atoms with Crippen molar-refractivity contribution in [3.63, 3.8) is 0 Å². The molecule has 19 heavy (non-hydrogen) atoms. The Hall–Kier alpha value is 0.490. The van der Waals surface area contributed by atoms with Crippen LogP contribution in [0.15, 0.2) is 24.3 Å². The molecule has 0 amide bonds. The fraction of sp³-hybridized carbons (Fsp3) is 0.500. The van der Waals surface area contributed by atoms with Gasteiger partial charge in [0.05, 0.1) is 21.8 Å². The molecule has 2 nitrogen and oxygen atoms in total. The highest BCUT2D eigenvalue weighted by Gasteiger charge is 2.37. The second kappa shape index (κ2) is 6.50. The summed E-state index contributed by atoms with van der Waals surface area (Å²) in [5, 5.41) is 0.587. The lowest BCUT2D eigenvalue weighted by atomic mass is 10.1. The van der Waals surface area contributed by atoms with Crippen molar-refractivity contribution in [1.82, 2.24) is 4.72 Å². The molecule has 1 aromatic carbocycles. The molecule has 7 heteroatoms. The molecule has 1 unspecified atom stereocenters. The molecule has 0 spiro atoms. The summed E-state index contributed by atoms with van der Waals surface area (Å²) in [5.74, 6) is 0. The summed E-state index contributed by atoms with van der Waals surface area (Å²) in [6.07, 6.45) is 0. The average molecular weight is 363 g/mol. The van der Waals surface area contributed by atoms with Crippen molar-refractivity contribution < 1.29 is 4.21 Å². The van der Waals surface area contributed by atoms with Crippen LogP contribution < -0.4 is 4.72 Å². The second-order valence-corrected chi connectivity index (χ2v) is 9.83. The van der Waals surface area contributed by atoms with Gasteiger partial charge >= 0.3 is 0 Å². The Bertz CT molecular complexity index is 450. The van der Waals surface area contributed by atoms with Crippen LogP contribution >= 0.6 is 46.4 Å². The normalized spacial score (nSPS) is 16.2. The van der Waals surface area contributed by atoms with Gasteiger partial charge in [0.15, 0.2) is 0 Å². The van der Waals surface area contributed by atoms with E-state index in [1.165, 1.54) is 0 Å².